The van der Waals surface area contributed by atoms with Gasteiger partial charge in [-0.05, 0) is 24.7 Å². The molecule has 0 spiro atoms. The Kier molecular flexibility index (Phi) is 2.65. The molecule has 1 aliphatic carbocycles. The van der Waals surface area contributed by atoms with Crippen molar-refractivity contribution in [1.29, 1.82) is 0 Å². The second-order valence-corrected chi connectivity index (χ2v) is 4.66. The molecule has 0 aromatic carbocycles. The first-order valence-corrected chi connectivity index (χ1v) is 5.10. The highest BCUT2D eigenvalue weighted by Gasteiger charge is 2.43. The maximum absolute atomic E-state index is 11.7. The second kappa shape index (κ2) is 3.28. The van der Waals surface area contributed by atoms with E-state index in [9.17, 15) is 4.79 Å². The second-order valence-electron chi connectivity index (χ2n) is 4.66. The van der Waals surface area contributed by atoms with E-state index in [-0.39, 0.29) is 5.41 Å². The summed E-state index contributed by atoms with van der Waals surface area (Å²) < 4.78 is 0. The number of carbonyl (C=O) groups is 1. The molecule has 0 fully saturated rings. The zero-order valence-electron chi connectivity index (χ0n) is 9.29. The van der Waals surface area contributed by atoms with Crippen LogP contribution >= 0.6 is 0 Å². The molecule has 1 heteroatoms. The van der Waals surface area contributed by atoms with E-state index in [1.807, 2.05) is 0 Å². The van der Waals surface area contributed by atoms with Crippen molar-refractivity contribution in [2.24, 2.45) is 23.2 Å². The Morgan fingerprint density at radius 3 is 2.15 bits per heavy atom. The van der Waals surface area contributed by atoms with Gasteiger partial charge in [-0.15, -0.1) is 0 Å². The van der Waals surface area contributed by atoms with E-state index in [2.05, 4.69) is 39.8 Å². The summed E-state index contributed by atoms with van der Waals surface area (Å²) in [6.07, 6.45) is 4.42. The molecule has 0 saturated carbocycles. The van der Waals surface area contributed by atoms with E-state index in [4.69, 9.17) is 0 Å². The average molecular weight is 180 g/mol. The molecule has 74 valence electrons. The number of Topliss-reactive ketones (excluding diaryl/α,β-unsaturated/α-hetero) is 1. The Hall–Kier alpha value is -0.590. The van der Waals surface area contributed by atoms with Gasteiger partial charge in [0.1, 0.15) is 5.78 Å². The third kappa shape index (κ3) is 1.45. The van der Waals surface area contributed by atoms with Gasteiger partial charge in [0.25, 0.3) is 0 Å². The number of hydrogen-bond donors (Lipinski definition) is 0. The van der Waals surface area contributed by atoms with Crippen molar-refractivity contribution in [2.45, 2.75) is 34.6 Å². The van der Waals surface area contributed by atoms with E-state index in [0.717, 1.165) is 0 Å². The van der Waals surface area contributed by atoms with Crippen LogP contribution in [-0.2, 0) is 4.79 Å². The van der Waals surface area contributed by atoms with Crippen molar-refractivity contribution < 1.29 is 4.79 Å². The molecule has 0 aromatic heterocycles. The molecule has 4 unspecified atom stereocenters. The van der Waals surface area contributed by atoms with Gasteiger partial charge in [0.05, 0.1) is 0 Å². The normalized spacial score (nSPS) is 44.8. The molecule has 0 N–H and O–H groups in total. The Balaban J connectivity index is 3.07. The molecule has 1 rings (SSSR count). The minimum Gasteiger partial charge on any atom is -0.299 e. The molecular formula is C12H20O. The van der Waals surface area contributed by atoms with E-state index in [1.165, 1.54) is 0 Å². The van der Waals surface area contributed by atoms with Crippen LogP contribution in [0.25, 0.3) is 0 Å². The quantitative estimate of drug-likeness (QED) is 0.567. The summed E-state index contributed by atoms with van der Waals surface area (Å²) in [6.45, 7) is 10.3. The van der Waals surface area contributed by atoms with Crippen molar-refractivity contribution in [1.82, 2.24) is 0 Å². The summed E-state index contributed by atoms with van der Waals surface area (Å²) in [5.41, 5.74) is -0.159. The first-order valence-electron chi connectivity index (χ1n) is 5.10. The summed E-state index contributed by atoms with van der Waals surface area (Å²) in [4.78, 5) is 11.7. The van der Waals surface area contributed by atoms with Crippen LogP contribution in [0.4, 0.5) is 0 Å². The van der Waals surface area contributed by atoms with Crippen LogP contribution in [0.15, 0.2) is 12.2 Å². The lowest BCUT2D eigenvalue weighted by molar-refractivity contribution is -0.131. The van der Waals surface area contributed by atoms with Gasteiger partial charge in [0.2, 0.25) is 0 Å². The average Bonchev–Trinajstić information content (AvgIpc) is 2.08. The van der Waals surface area contributed by atoms with Crippen LogP contribution in [-0.4, -0.2) is 5.78 Å². The molecule has 4 atom stereocenters. The van der Waals surface area contributed by atoms with Crippen LogP contribution < -0.4 is 0 Å². The summed E-state index contributed by atoms with van der Waals surface area (Å²) >= 11 is 0. The van der Waals surface area contributed by atoms with Gasteiger partial charge < -0.3 is 0 Å². The summed E-state index contributed by atoms with van der Waals surface area (Å²) in [6, 6.07) is 0. The van der Waals surface area contributed by atoms with Gasteiger partial charge in [0, 0.05) is 5.41 Å². The SMILES string of the molecule is CC(=O)C1(C)C(C)C=CC(C)C1C. The van der Waals surface area contributed by atoms with Gasteiger partial charge >= 0.3 is 0 Å². The first kappa shape index (κ1) is 10.5. The first-order chi connectivity index (χ1) is 5.90. The number of rotatable bonds is 1. The molecular weight excluding hydrogens is 160 g/mol. The molecule has 1 aliphatic rings. The minimum absolute atomic E-state index is 0.159. The highest BCUT2D eigenvalue weighted by molar-refractivity contribution is 5.83. The van der Waals surface area contributed by atoms with Crippen LogP contribution in [0.3, 0.4) is 0 Å². The molecule has 0 saturated heterocycles. The van der Waals surface area contributed by atoms with E-state index in [0.29, 0.717) is 23.5 Å². The number of allylic oxidation sites excluding steroid dienone is 2. The fourth-order valence-electron chi connectivity index (χ4n) is 2.31. The standard InChI is InChI=1S/C12H20O/c1-8-6-7-9(2)12(5,10(8)3)11(4)13/h6-10H,1-5H3. The van der Waals surface area contributed by atoms with Crippen molar-refractivity contribution in [3.63, 3.8) is 0 Å². The molecule has 0 bridgehead atoms. The predicted molar refractivity (Wildman–Crippen MR) is 55.4 cm³/mol. The lowest BCUT2D eigenvalue weighted by Crippen LogP contribution is -2.43. The Labute approximate surface area is 81.2 Å². The number of ketones is 1. The molecule has 13 heavy (non-hydrogen) atoms. The largest absolute Gasteiger partial charge is 0.299 e. The van der Waals surface area contributed by atoms with Crippen molar-refractivity contribution in [3.8, 4) is 0 Å². The fraction of sp³-hybridized carbons (Fsp3) is 0.750. The maximum Gasteiger partial charge on any atom is 0.136 e. The third-order valence-electron chi connectivity index (χ3n) is 4.14. The fourth-order valence-corrected chi connectivity index (χ4v) is 2.31. The lowest BCUT2D eigenvalue weighted by atomic mass is 9.60. The zero-order valence-corrected chi connectivity index (χ0v) is 9.29. The molecule has 0 heterocycles. The summed E-state index contributed by atoms with van der Waals surface area (Å²) in [5, 5.41) is 0. The molecule has 0 aromatic rings. The van der Waals surface area contributed by atoms with Crippen LogP contribution in [0.2, 0.25) is 0 Å². The zero-order chi connectivity index (χ0) is 10.2. The van der Waals surface area contributed by atoms with Crippen molar-refractivity contribution >= 4 is 5.78 Å². The highest BCUT2D eigenvalue weighted by Crippen LogP contribution is 2.44. The smallest absolute Gasteiger partial charge is 0.136 e. The van der Waals surface area contributed by atoms with E-state index >= 15 is 0 Å². The lowest BCUT2D eigenvalue weighted by Gasteiger charge is -2.43. The molecule has 0 aliphatic heterocycles. The summed E-state index contributed by atoms with van der Waals surface area (Å²) in [7, 11) is 0. The van der Waals surface area contributed by atoms with Crippen LogP contribution in [0.5, 0.6) is 0 Å². The van der Waals surface area contributed by atoms with Gasteiger partial charge in [-0.1, -0.05) is 39.8 Å². The monoisotopic (exact) mass is 180 g/mol. The van der Waals surface area contributed by atoms with Gasteiger partial charge in [-0.3, -0.25) is 4.79 Å². The molecule has 0 amide bonds. The minimum atomic E-state index is -0.159. The predicted octanol–water partition coefficient (Wildman–Crippen LogP) is 3.06. The van der Waals surface area contributed by atoms with Gasteiger partial charge in [0.15, 0.2) is 0 Å². The molecule has 1 nitrogen and oxygen atoms in total. The van der Waals surface area contributed by atoms with Gasteiger partial charge in [-0.2, -0.15) is 0 Å². The van der Waals surface area contributed by atoms with Crippen molar-refractivity contribution in [2.75, 3.05) is 0 Å². The molecule has 0 radical (unpaired) electrons. The Bertz CT molecular complexity index is 242. The maximum atomic E-state index is 11.7. The van der Waals surface area contributed by atoms with Gasteiger partial charge in [-0.25, -0.2) is 0 Å². The Morgan fingerprint density at radius 2 is 1.77 bits per heavy atom. The van der Waals surface area contributed by atoms with Crippen LogP contribution in [0.1, 0.15) is 34.6 Å². The van der Waals surface area contributed by atoms with E-state index < -0.39 is 0 Å². The number of carbonyl (C=O) groups excluding carboxylic acids is 1. The number of hydrogen-bond acceptors (Lipinski definition) is 1. The van der Waals surface area contributed by atoms with E-state index in [1.54, 1.807) is 6.92 Å². The van der Waals surface area contributed by atoms with Crippen LogP contribution in [0, 0.1) is 23.2 Å². The van der Waals surface area contributed by atoms with Crippen molar-refractivity contribution in [3.05, 3.63) is 12.2 Å². The third-order valence-corrected chi connectivity index (χ3v) is 4.14. The topological polar surface area (TPSA) is 17.1 Å². The Morgan fingerprint density at radius 1 is 1.23 bits per heavy atom. The highest BCUT2D eigenvalue weighted by atomic mass is 16.1. The summed E-state index contributed by atoms with van der Waals surface area (Å²) in [5.74, 6) is 1.66.